The fraction of sp³-hybridized carbons (Fsp3) is 0.200. The second-order valence-electron chi connectivity index (χ2n) is 2.84. The van der Waals surface area contributed by atoms with Crippen LogP contribution >= 0.6 is 0 Å². The Morgan fingerprint density at radius 3 is 2.75 bits per heavy atom. The van der Waals surface area contributed by atoms with Crippen molar-refractivity contribution in [3.63, 3.8) is 0 Å². The lowest BCUT2D eigenvalue weighted by Crippen LogP contribution is -2.11. The number of phenols is 1. The van der Waals surface area contributed by atoms with Gasteiger partial charge >= 0.3 is 0 Å². The Morgan fingerprint density at radius 1 is 1.58 bits per heavy atom. The van der Waals surface area contributed by atoms with Crippen LogP contribution in [0.15, 0.2) is 18.7 Å². The van der Waals surface area contributed by atoms with Gasteiger partial charge in [0.15, 0.2) is 0 Å². The van der Waals surface area contributed by atoms with Crippen LogP contribution in [0.25, 0.3) is 6.08 Å². The fourth-order valence-electron chi connectivity index (χ4n) is 1.43. The molecule has 1 rings (SSSR count). The normalized spacial score (nSPS) is 10.1. The quantitative estimate of drug-likeness (QED) is 0.657. The molecule has 0 unspecified atom stereocenters. The molecule has 1 nitrogen and oxygen atoms in total. The van der Waals surface area contributed by atoms with Crippen molar-refractivity contribution in [2.45, 2.75) is 13.3 Å². The highest BCUT2D eigenvalue weighted by Gasteiger charge is 2.04. The van der Waals surface area contributed by atoms with E-state index in [1.165, 1.54) is 5.56 Å². The minimum atomic E-state index is 0.434. The van der Waals surface area contributed by atoms with E-state index >= 15 is 0 Å². The van der Waals surface area contributed by atoms with Gasteiger partial charge in [0.2, 0.25) is 0 Å². The second kappa shape index (κ2) is 3.58. The molecule has 12 heavy (non-hydrogen) atoms. The zero-order valence-corrected chi connectivity index (χ0v) is 9.59. The topological polar surface area (TPSA) is 20.2 Å². The summed E-state index contributed by atoms with van der Waals surface area (Å²) in [6, 6.07) is 3.67. The van der Waals surface area contributed by atoms with E-state index in [1.54, 1.807) is 6.07 Å². The molecule has 0 saturated carbocycles. The second-order valence-corrected chi connectivity index (χ2v) is 3.84. The Balaban J connectivity index is 3.35. The minimum Gasteiger partial charge on any atom is -0.508 e. The zero-order chi connectivity index (χ0) is 9.14. The highest BCUT2D eigenvalue weighted by atomic mass is 28.1. The predicted octanol–water partition coefficient (Wildman–Crippen LogP) is 0.588. The average Bonchev–Trinajstić information content (AvgIpc) is 2.09. The van der Waals surface area contributed by atoms with E-state index in [1.807, 2.05) is 12.1 Å². The number of aromatic hydroxyl groups is 1. The number of phenolic OH excluding ortho intramolecular Hbond substituents is 1. The van der Waals surface area contributed by atoms with Crippen molar-refractivity contribution in [1.82, 2.24) is 0 Å². The molecule has 0 fully saturated rings. The summed E-state index contributed by atoms with van der Waals surface area (Å²) in [6.07, 6.45) is 2.81. The van der Waals surface area contributed by atoms with Crippen molar-refractivity contribution in [3.05, 3.63) is 29.8 Å². The van der Waals surface area contributed by atoms with E-state index in [2.05, 4.69) is 13.5 Å². The first-order valence-electron chi connectivity index (χ1n) is 4.14. The molecule has 0 heterocycles. The van der Waals surface area contributed by atoms with Crippen molar-refractivity contribution < 1.29 is 5.11 Å². The molecule has 1 aromatic rings. The molecule has 1 aromatic carbocycles. The molecular formula is C10H14OSi. The fourth-order valence-corrected chi connectivity index (χ4v) is 2.23. The lowest BCUT2D eigenvalue weighted by atomic mass is 10.0. The van der Waals surface area contributed by atoms with Crippen LogP contribution < -0.4 is 5.19 Å². The summed E-state index contributed by atoms with van der Waals surface area (Å²) in [6.45, 7) is 5.84. The molecule has 0 aliphatic heterocycles. The maximum Gasteiger partial charge on any atom is 0.114 e. The molecular weight excluding hydrogens is 164 g/mol. The van der Waals surface area contributed by atoms with Crippen LogP contribution in [0.1, 0.15) is 18.1 Å². The Kier molecular flexibility index (Phi) is 2.71. The number of benzene rings is 1. The molecule has 0 radical (unpaired) electrons. The predicted molar refractivity (Wildman–Crippen MR) is 57.1 cm³/mol. The van der Waals surface area contributed by atoms with Crippen molar-refractivity contribution in [2.75, 3.05) is 0 Å². The smallest absolute Gasteiger partial charge is 0.114 e. The van der Waals surface area contributed by atoms with Gasteiger partial charge in [-0.05, 0) is 28.8 Å². The van der Waals surface area contributed by atoms with Gasteiger partial charge in [0.05, 0.1) is 0 Å². The summed E-state index contributed by atoms with van der Waals surface area (Å²) in [5, 5.41) is 10.6. The molecule has 1 N–H and O–H groups in total. The van der Waals surface area contributed by atoms with Crippen LogP contribution in [0.3, 0.4) is 0 Å². The average molecular weight is 178 g/mol. The van der Waals surface area contributed by atoms with Crippen molar-refractivity contribution >= 4 is 21.5 Å². The molecule has 0 amide bonds. The van der Waals surface area contributed by atoms with Gasteiger partial charge in [-0.1, -0.05) is 25.6 Å². The van der Waals surface area contributed by atoms with Crippen LogP contribution in [0, 0.1) is 0 Å². The highest BCUT2D eigenvalue weighted by Crippen LogP contribution is 2.14. The monoisotopic (exact) mass is 178 g/mol. The summed E-state index contributed by atoms with van der Waals surface area (Å²) >= 11 is 0. The third-order valence-corrected chi connectivity index (χ3v) is 3.30. The molecule has 0 bridgehead atoms. The summed E-state index contributed by atoms with van der Waals surface area (Å²) in [5.41, 5.74) is 2.40. The Morgan fingerprint density at radius 2 is 2.25 bits per heavy atom. The standard InChI is InChI=1S/C10H14OSi/c1-3-7-5-6-9(11)10(12)8(7)4-2/h3,5-6,11H,1,4H2,2,12H3. The SMILES string of the molecule is C=Cc1ccc(O)c([SiH3])c1CC. The number of rotatable bonds is 2. The summed E-state index contributed by atoms with van der Waals surface area (Å²) < 4.78 is 0. The van der Waals surface area contributed by atoms with Crippen LogP contribution in [0.2, 0.25) is 0 Å². The lowest BCUT2D eigenvalue weighted by Gasteiger charge is -2.08. The summed E-state index contributed by atoms with van der Waals surface area (Å²) in [5.74, 6) is 0.434. The van der Waals surface area contributed by atoms with E-state index in [4.69, 9.17) is 0 Å². The molecule has 64 valence electrons. The molecule has 0 aliphatic rings. The van der Waals surface area contributed by atoms with E-state index in [-0.39, 0.29) is 0 Å². The minimum absolute atomic E-state index is 0.434. The molecule has 0 aliphatic carbocycles. The van der Waals surface area contributed by atoms with Gasteiger partial charge in [0.25, 0.3) is 0 Å². The molecule has 2 heteroatoms. The van der Waals surface area contributed by atoms with Gasteiger partial charge in [0, 0.05) is 10.2 Å². The Labute approximate surface area is 76.2 Å². The van der Waals surface area contributed by atoms with Crippen LogP contribution in [-0.4, -0.2) is 15.3 Å². The Bertz CT molecular complexity index is 305. The maximum absolute atomic E-state index is 9.45. The molecule has 0 spiro atoms. The van der Waals surface area contributed by atoms with Crippen molar-refractivity contribution in [3.8, 4) is 5.75 Å². The third-order valence-electron chi connectivity index (χ3n) is 2.18. The van der Waals surface area contributed by atoms with Crippen LogP contribution in [0.5, 0.6) is 5.75 Å². The largest absolute Gasteiger partial charge is 0.508 e. The third kappa shape index (κ3) is 1.43. The van der Waals surface area contributed by atoms with E-state index in [9.17, 15) is 5.11 Å². The summed E-state index contributed by atoms with van der Waals surface area (Å²) in [7, 11) is 0.893. The first kappa shape index (κ1) is 9.07. The number of hydrogen-bond donors (Lipinski definition) is 1. The van der Waals surface area contributed by atoms with E-state index in [0.29, 0.717) is 5.75 Å². The zero-order valence-electron chi connectivity index (χ0n) is 7.59. The van der Waals surface area contributed by atoms with Crippen molar-refractivity contribution in [2.24, 2.45) is 0 Å². The van der Waals surface area contributed by atoms with Gasteiger partial charge in [-0.2, -0.15) is 0 Å². The molecule has 0 atom stereocenters. The molecule has 0 saturated heterocycles. The first-order valence-corrected chi connectivity index (χ1v) is 5.14. The maximum atomic E-state index is 9.45. The highest BCUT2D eigenvalue weighted by molar-refractivity contribution is 6.35. The van der Waals surface area contributed by atoms with Gasteiger partial charge in [-0.3, -0.25) is 0 Å². The summed E-state index contributed by atoms with van der Waals surface area (Å²) in [4.78, 5) is 0. The van der Waals surface area contributed by atoms with E-state index < -0.39 is 0 Å². The van der Waals surface area contributed by atoms with Crippen LogP contribution in [0.4, 0.5) is 0 Å². The van der Waals surface area contributed by atoms with Gasteiger partial charge in [-0.15, -0.1) is 0 Å². The molecule has 0 aromatic heterocycles. The van der Waals surface area contributed by atoms with Gasteiger partial charge < -0.3 is 5.11 Å². The first-order chi connectivity index (χ1) is 5.70. The Hall–Kier alpha value is -1.02. The van der Waals surface area contributed by atoms with Crippen molar-refractivity contribution in [1.29, 1.82) is 0 Å². The lowest BCUT2D eigenvalue weighted by molar-refractivity contribution is 0.479. The number of hydrogen-bond acceptors (Lipinski definition) is 1. The van der Waals surface area contributed by atoms with Gasteiger partial charge in [-0.25, -0.2) is 0 Å². The van der Waals surface area contributed by atoms with Crippen LogP contribution in [-0.2, 0) is 6.42 Å². The van der Waals surface area contributed by atoms with Gasteiger partial charge in [0.1, 0.15) is 5.75 Å². The van der Waals surface area contributed by atoms with E-state index in [0.717, 1.165) is 27.4 Å².